The van der Waals surface area contributed by atoms with Gasteiger partial charge in [-0.1, -0.05) is 36.4 Å². The molecule has 5 heteroatoms. The molecule has 1 aliphatic heterocycles. The van der Waals surface area contributed by atoms with Crippen LogP contribution in [0.15, 0.2) is 48.5 Å². The van der Waals surface area contributed by atoms with Gasteiger partial charge in [0.05, 0.1) is 17.9 Å². The van der Waals surface area contributed by atoms with E-state index in [1.54, 1.807) is 18.2 Å². The van der Waals surface area contributed by atoms with Crippen LogP contribution in [0.3, 0.4) is 0 Å². The summed E-state index contributed by atoms with van der Waals surface area (Å²) < 4.78 is 11.1. The highest BCUT2D eigenvalue weighted by atomic mass is 16.7. The molecule has 1 amide bonds. The van der Waals surface area contributed by atoms with Crippen LogP contribution in [0.5, 0.6) is 5.75 Å². The second-order valence-electron chi connectivity index (χ2n) is 4.97. The summed E-state index contributed by atoms with van der Waals surface area (Å²) in [5, 5.41) is 2.70. The number of nitrogens with one attached hydrogen (secondary N) is 1. The van der Waals surface area contributed by atoms with Gasteiger partial charge in [0, 0.05) is 0 Å². The molecule has 112 valence electrons. The smallest absolute Gasteiger partial charge is 0.294 e. The highest BCUT2D eigenvalue weighted by molar-refractivity contribution is 6.03. The Morgan fingerprint density at radius 2 is 1.95 bits per heavy atom. The first-order chi connectivity index (χ1) is 10.6. The lowest BCUT2D eigenvalue weighted by Crippen LogP contribution is -2.39. The number of hydrogen-bond donors (Lipinski definition) is 1. The first-order valence-electron chi connectivity index (χ1n) is 6.92. The molecule has 1 unspecified atom stereocenters. The van der Waals surface area contributed by atoms with Crippen LogP contribution in [0.2, 0.25) is 0 Å². The van der Waals surface area contributed by atoms with Crippen molar-refractivity contribution in [3.05, 3.63) is 59.7 Å². The molecular weight excluding hydrogens is 282 g/mol. The Morgan fingerprint density at radius 3 is 2.68 bits per heavy atom. The SMILES string of the molecule is CC(=O)c1cccc2c1OC(OCc1ccccc1)C(=O)N2. The van der Waals surface area contributed by atoms with Crippen LogP contribution in [0.4, 0.5) is 5.69 Å². The maximum absolute atomic E-state index is 12.0. The van der Waals surface area contributed by atoms with E-state index in [0.717, 1.165) is 5.56 Å². The van der Waals surface area contributed by atoms with Gasteiger partial charge in [-0.2, -0.15) is 0 Å². The van der Waals surface area contributed by atoms with E-state index in [1.165, 1.54) is 6.92 Å². The number of anilines is 1. The van der Waals surface area contributed by atoms with Gasteiger partial charge in [0.25, 0.3) is 12.2 Å². The van der Waals surface area contributed by atoms with Crippen LogP contribution in [0, 0.1) is 0 Å². The summed E-state index contributed by atoms with van der Waals surface area (Å²) >= 11 is 0. The second kappa shape index (κ2) is 5.99. The monoisotopic (exact) mass is 297 g/mol. The van der Waals surface area contributed by atoms with Crippen LogP contribution in [0.1, 0.15) is 22.8 Å². The molecule has 0 aromatic heterocycles. The summed E-state index contributed by atoms with van der Waals surface area (Å²) in [7, 11) is 0. The Hall–Kier alpha value is -2.66. The third kappa shape index (κ3) is 2.84. The molecule has 0 bridgehead atoms. The predicted molar refractivity (Wildman–Crippen MR) is 80.7 cm³/mol. The zero-order valence-corrected chi connectivity index (χ0v) is 12.0. The number of para-hydroxylation sites is 1. The molecular formula is C17H15NO4. The van der Waals surface area contributed by atoms with Crippen LogP contribution in [0.25, 0.3) is 0 Å². The molecule has 1 heterocycles. The molecule has 1 atom stereocenters. The molecule has 0 aliphatic carbocycles. The van der Waals surface area contributed by atoms with Gasteiger partial charge in [-0.15, -0.1) is 0 Å². The van der Waals surface area contributed by atoms with Crippen molar-refractivity contribution in [3.8, 4) is 5.75 Å². The quantitative estimate of drug-likeness (QED) is 0.881. The first-order valence-corrected chi connectivity index (χ1v) is 6.92. The molecule has 0 spiro atoms. The minimum Gasteiger partial charge on any atom is -0.452 e. The van der Waals surface area contributed by atoms with E-state index in [0.29, 0.717) is 17.0 Å². The number of benzene rings is 2. The lowest BCUT2D eigenvalue weighted by atomic mass is 10.1. The second-order valence-corrected chi connectivity index (χ2v) is 4.97. The number of Topliss-reactive ketones (excluding diaryl/α,β-unsaturated/α-hetero) is 1. The minimum atomic E-state index is -1.08. The van der Waals surface area contributed by atoms with Crippen LogP contribution in [-0.2, 0) is 16.1 Å². The summed E-state index contributed by atoms with van der Waals surface area (Å²) in [6.07, 6.45) is -1.08. The number of carbonyl (C=O) groups excluding carboxylic acids is 2. The lowest BCUT2D eigenvalue weighted by molar-refractivity contribution is -0.150. The Kier molecular flexibility index (Phi) is 3.89. The molecule has 0 saturated carbocycles. The van der Waals surface area contributed by atoms with Crippen LogP contribution < -0.4 is 10.1 Å². The maximum atomic E-state index is 12.0. The van der Waals surface area contributed by atoms with Crippen molar-refractivity contribution >= 4 is 17.4 Å². The molecule has 0 fully saturated rings. The van der Waals surface area contributed by atoms with Gasteiger partial charge in [0.1, 0.15) is 0 Å². The highest BCUT2D eigenvalue weighted by Gasteiger charge is 2.30. The van der Waals surface area contributed by atoms with Gasteiger partial charge in [0.15, 0.2) is 11.5 Å². The van der Waals surface area contributed by atoms with Crippen LogP contribution >= 0.6 is 0 Å². The molecule has 2 aromatic rings. The number of carbonyl (C=O) groups is 2. The zero-order valence-electron chi connectivity index (χ0n) is 12.0. The fourth-order valence-corrected chi connectivity index (χ4v) is 2.25. The van der Waals surface area contributed by atoms with E-state index in [4.69, 9.17) is 9.47 Å². The van der Waals surface area contributed by atoms with E-state index in [1.807, 2.05) is 30.3 Å². The lowest BCUT2D eigenvalue weighted by Gasteiger charge is -2.26. The summed E-state index contributed by atoms with van der Waals surface area (Å²) in [4.78, 5) is 23.7. The molecule has 1 aliphatic rings. The molecule has 1 N–H and O–H groups in total. The average molecular weight is 297 g/mol. The fourth-order valence-electron chi connectivity index (χ4n) is 2.25. The van der Waals surface area contributed by atoms with E-state index in [9.17, 15) is 9.59 Å². The first kappa shape index (κ1) is 14.3. The van der Waals surface area contributed by atoms with Crippen molar-refractivity contribution in [2.75, 3.05) is 5.32 Å². The van der Waals surface area contributed by atoms with Gasteiger partial charge in [0.2, 0.25) is 0 Å². The van der Waals surface area contributed by atoms with E-state index >= 15 is 0 Å². The van der Waals surface area contributed by atoms with Gasteiger partial charge in [-0.05, 0) is 24.6 Å². The number of amides is 1. The molecule has 0 saturated heterocycles. The minimum absolute atomic E-state index is 0.130. The third-order valence-electron chi connectivity index (χ3n) is 3.34. The Balaban J connectivity index is 1.78. The Labute approximate surface area is 127 Å². The molecule has 22 heavy (non-hydrogen) atoms. The highest BCUT2D eigenvalue weighted by Crippen LogP contribution is 2.33. The zero-order chi connectivity index (χ0) is 15.5. The number of hydrogen-bond acceptors (Lipinski definition) is 4. The van der Waals surface area contributed by atoms with Gasteiger partial charge < -0.3 is 14.8 Å². The number of ether oxygens (including phenoxy) is 2. The molecule has 2 aromatic carbocycles. The molecule has 0 radical (unpaired) electrons. The topological polar surface area (TPSA) is 64.6 Å². The van der Waals surface area contributed by atoms with Gasteiger partial charge in [-0.25, -0.2) is 0 Å². The average Bonchev–Trinajstić information content (AvgIpc) is 2.53. The standard InChI is InChI=1S/C17H15NO4/c1-11(19)13-8-5-9-14-15(13)22-17(16(20)18-14)21-10-12-6-3-2-4-7-12/h2-9,17H,10H2,1H3,(H,18,20). The van der Waals surface area contributed by atoms with Crippen molar-refractivity contribution in [1.29, 1.82) is 0 Å². The summed E-state index contributed by atoms with van der Waals surface area (Å²) in [6.45, 7) is 1.70. The summed E-state index contributed by atoms with van der Waals surface area (Å²) in [6, 6.07) is 14.5. The van der Waals surface area contributed by atoms with Crippen molar-refractivity contribution in [1.82, 2.24) is 0 Å². The molecule has 3 rings (SSSR count). The third-order valence-corrected chi connectivity index (χ3v) is 3.34. The molecule has 5 nitrogen and oxygen atoms in total. The van der Waals surface area contributed by atoms with Gasteiger partial charge in [-0.3, -0.25) is 9.59 Å². The number of fused-ring (bicyclic) bond motifs is 1. The van der Waals surface area contributed by atoms with E-state index < -0.39 is 6.29 Å². The number of ketones is 1. The summed E-state index contributed by atoms with van der Waals surface area (Å²) in [5.41, 5.74) is 1.84. The fraction of sp³-hybridized carbons (Fsp3) is 0.176. The maximum Gasteiger partial charge on any atom is 0.294 e. The Morgan fingerprint density at radius 1 is 1.18 bits per heavy atom. The van der Waals surface area contributed by atoms with E-state index in [2.05, 4.69) is 5.32 Å². The van der Waals surface area contributed by atoms with Gasteiger partial charge >= 0.3 is 0 Å². The normalized spacial score (nSPS) is 16.4. The van der Waals surface area contributed by atoms with Crippen LogP contribution in [-0.4, -0.2) is 18.0 Å². The predicted octanol–water partition coefficient (Wildman–Crippen LogP) is 2.76. The summed E-state index contributed by atoms with van der Waals surface area (Å²) in [5.74, 6) is -0.161. The van der Waals surface area contributed by atoms with Crippen molar-refractivity contribution in [2.24, 2.45) is 0 Å². The number of rotatable bonds is 4. The largest absolute Gasteiger partial charge is 0.452 e. The van der Waals surface area contributed by atoms with Crippen molar-refractivity contribution in [2.45, 2.75) is 19.8 Å². The van der Waals surface area contributed by atoms with Crippen molar-refractivity contribution in [3.63, 3.8) is 0 Å². The Bertz CT molecular complexity index is 712. The van der Waals surface area contributed by atoms with Crippen molar-refractivity contribution < 1.29 is 19.1 Å². The van der Waals surface area contributed by atoms with E-state index in [-0.39, 0.29) is 18.3 Å².